The Bertz CT molecular complexity index is 2620. The van der Waals surface area contributed by atoms with Crippen molar-refractivity contribution < 1.29 is 0 Å². The molecule has 10 rings (SSSR count). The van der Waals surface area contributed by atoms with E-state index in [1.165, 1.54) is 96.3 Å². The summed E-state index contributed by atoms with van der Waals surface area (Å²) >= 11 is 1.91. The van der Waals surface area contributed by atoms with E-state index in [0.29, 0.717) is 0 Å². The topological polar surface area (TPSA) is 0 Å². The van der Waals surface area contributed by atoms with Crippen LogP contribution in [0.2, 0.25) is 0 Å². The molecule has 0 saturated heterocycles. The smallest absolute Gasteiger partial charge is 0.0367 e. The maximum Gasteiger partial charge on any atom is 0.0367 e. The zero-order valence-electron chi connectivity index (χ0n) is 22.1. The van der Waals surface area contributed by atoms with Gasteiger partial charge in [-0.05, 0) is 106 Å². The molecule has 0 amide bonds. The van der Waals surface area contributed by atoms with E-state index in [0.717, 1.165) is 0 Å². The quantitative estimate of drug-likeness (QED) is 0.193. The van der Waals surface area contributed by atoms with Crippen molar-refractivity contribution in [3.63, 3.8) is 0 Å². The maximum absolute atomic E-state index is 2.38. The number of rotatable bonds is 2. The van der Waals surface area contributed by atoms with E-state index in [9.17, 15) is 0 Å². The normalized spacial score (nSPS) is 12.4. The van der Waals surface area contributed by atoms with Gasteiger partial charge in [0.15, 0.2) is 0 Å². The van der Waals surface area contributed by atoms with Crippen molar-refractivity contribution in [3.8, 4) is 22.3 Å². The molecular weight excluding hydrogens is 513 g/mol. The molecule has 0 atom stereocenters. The second-order valence-electron chi connectivity index (χ2n) is 11.3. The van der Waals surface area contributed by atoms with E-state index in [1.54, 1.807) is 0 Å². The second kappa shape index (κ2) is 7.81. The molecule has 1 heterocycles. The summed E-state index contributed by atoms with van der Waals surface area (Å²) in [6.45, 7) is 0. The molecule has 10 aromatic rings. The van der Waals surface area contributed by atoms with Gasteiger partial charge < -0.3 is 0 Å². The molecule has 41 heavy (non-hydrogen) atoms. The van der Waals surface area contributed by atoms with Crippen LogP contribution < -0.4 is 0 Å². The third kappa shape index (κ3) is 2.99. The fourth-order valence-electron chi connectivity index (χ4n) is 7.20. The Labute approximate surface area is 240 Å². The number of fused-ring (bicyclic) bond motifs is 1. The van der Waals surface area contributed by atoms with Crippen molar-refractivity contribution in [2.75, 3.05) is 0 Å². The average molecular weight is 535 g/mol. The predicted molar refractivity (Wildman–Crippen MR) is 180 cm³/mol. The molecule has 0 bridgehead atoms. The lowest BCUT2D eigenvalue weighted by Crippen LogP contribution is -1.87. The van der Waals surface area contributed by atoms with Crippen LogP contribution in [0.4, 0.5) is 0 Å². The fourth-order valence-corrected chi connectivity index (χ4v) is 8.41. The third-order valence-corrected chi connectivity index (χ3v) is 10.2. The molecule has 0 aliphatic heterocycles. The van der Waals surface area contributed by atoms with E-state index in [4.69, 9.17) is 0 Å². The monoisotopic (exact) mass is 534 g/mol. The van der Waals surface area contributed by atoms with Crippen molar-refractivity contribution in [2.45, 2.75) is 0 Å². The SMILES string of the molecule is c1cc2ccc3ccc(-c4ccc5cc(-c6cc7ccc8cccc9sc(c6)c7c89)ccc5c4)c4ccc(c1)c2c34. The summed E-state index contributed by atoms with van der Waals surface area (Å²) in [7, 11) is 0. The van der Waals surface area contributed by atoms with Crippen LogP contribution in [-0.2, 0) is 0 Å². The Balaban J connectivity index is 1.12. The third-order valence-electron chi connectivity index (χ3n) is 9.12. The summed E-state index contributed by atoms with van der Waals surface area (Å²) < 4.78 is 2.74. The van der Waals surface area contributed by atoms with Crippen molar-refractivity contribution in [2.24, 2.45) is 0 Å². The summed E-state index contributed by atoms with van der Waals surface area (Å²) in [5, 5.41) is 16.0. The van der Waals surface area contributed by atoms with Crippen molar-refractivity contribution in [1.82, 2.24) is 0 Å². The summed E-state index contributed by atoms with van der Waals surface area (Å²) in [5.41, 5.74) is 5.11. The largest absolute Gasteiger partial charge is 0.135 e. The van der Waals surface area contributed by atoms with Gasteiger partial charge in [0.1, 0.15) is 0 Å². The Kier molecular flexibility index (Phi) is 4.15. The van der Waals surface area contributed by atoms with Crippen molar-refractivity contribution in [3.05, 3.63) is 133 Å². The first-order valence-corrected chi connectivity index (χ1v) is 15.0. The molecule has 0 N–H and O–H groups in total. The lowest BCUT2D eigenvalue weighted by atomic mass is 9.89. The van der Waals surface area contributed by atoms with Crippen molar-refractivity contribution in [1.29, 1.82) is 0 Å². The number of benzene rings is 9. The van der Waals surface area contributed by atoms with E-state index in [2.05, 4.69) is 133 Å². The number of hydrogen-bond donors (Lipinski definition) is 0. The van der Waals surface area contributed by atoms with Gasteiger partial charge in [-0.3, -0.25) is 0 Å². The highest BCUT2D eigenvalue weighted by molar-refractivity contribution is 7.26. The number of thiophene rings is 1. The molecule has 1 heteroatoms. The highest BCUT2D eigenvalue weighted by Gasteiger charge is 2.14. The lowest BCUT2D eigenvalue weighted by molar-refractivity contribution is 1.68. The maximum atomic E-state index is 2.38. The van der Waals surface area contributed by atoms with Crippen LogP contribution in [0.3, 0.4) is 0 Å². The zero-order chi connectivity index (χ0) is 26.7. The molecule has 0 fully saturated rings. The van der Waals surface area contributed by atoms with Gasteiger partial charge in [-0.25, -0.2) is 0 Å². The van der Waals surface area contributed by atoms with Gasteiger partial charge in [-0.2, -0.15) is 0 Å². The Morgan fingerprint density at radius 1 is 0.317 bits per heavy atom. The minimum atomic E-state index is 1.26. The Morgan fingerprint density at radius 2 is 0.878 bits per heavy atom. The summed E-state index contributed by atoms with van der Waals surface area (Å²) in [4.78, 5) is 0. The summed E-state index contributed by atoms with van der Waals surface area (Å²) in [5.74, 6) is 0. The highest BCUT2D eigenvalue weighted by Crippen LogP contribution is 2.43. The van der Waals surface area contributed by atoms with Gasteiger partial charge in [0, 0.05) is 20.2 Å². The van der Waals surface area contributed by atoms with Crippen LogP contribution in [0.15, 0.2) is 133 Å². The highest BCUT2D eigenvalue weighted by atomic mass is 32.1. The van der Waals surface area contributed by atoms with E-state index < -0.39 is 0 Å². The zero-order valence-corrected chi connectivity index (χ0v) is 22.9. The minimum absolute atomic E-state index is 1.26. The van der Waals surface area contributed by atoms with Gasteiger partial charge in [0.25, 0.3) is 0 Å². The minimum Gasteiger partial charge on any atom is -0.135 e. The first-order valence-electron chi connectivity index (χ1n) is 14.2. The van der Waals surface area contributed by atoms with Gasteiger partial charge in [0.05, 0.1) is 0 Å². The molecule has 9 aromatic carbocycles. The molecule has 0 saturated carbocycles. The van der Waals surface area contributed by atoms with Gasteiger partial charge in [0.2, 0.25) is 0 Å². The van der Waals surface area contributed by atoms with E-state index in [1.807, 2.05) is 11.3 Å². The van der Waals surface area contributed by atoms with Gasteiger partial charge in [-0.1, -0.05) is 103 Å². The standard InChI is InChI=1S/C40H22S/c1-3-23-7-8-26-15-17-33(34-18-16-24(4-1)37(23)38(26)34)30-13-12-27-19-29(11-10-28(27)20-30)32-21-31-14-9-25-5-2-6-35-39(25)40(31)36(22-32)41-35/h1-22H. The van der Waals surface area contributed by atoms with Crippen LogP contribution in [-0.4, -0.2) is 0 Å². The molecular formula is C40H22S. The summed E-state index contributed by atoms with van der Waals surface area (Å²) in [6.07, 6.45) is 0. The molecule has 0 spiro atoms. The fraction of sp³-hybridized carbons (Fsp3) is 0. The van der Waals surface area contributed by atoms with Crippen molar-refractivity contribution >= 4 is 85.4 Å². The van der Waals surface area contributed by atoms with Gasteiger partial charge >= 0.3 is 0 Å². The average Bonchev–Trinajstić information content (AvgIpc) is 3.41. The Morgan fingerprint density at radius 3 is 1.71 bits per heavy atom. The summed E-state index contributed by atoms with van der Waals surface area (Å²) in [6, 6.07) is 50.1. The molecule has 0 nitrogen and oxygen atoms in total. The lowest BCUT2D eigenvalue weighted by Gasteiger charge is -2.14. The number of hydrogen-bond acceptors (Lipinski definition) is 1. The van der Waals surface area contributed by atoms with E-state index in [-0.39, 0.29) is 0 Å². The Hall–Kier alpha value is -4.98. The molecule has 0 unspecified atom stereocenters. The molecule has 1 aromatic heterocycles. The molecule has 188 valence electrons. The predicted octanol–water partition coefficient (Wildman–Crippen LogP) is 12.0. The molecule has 0 radical (unpaired) electrons. The van der Waals surface area contributed by atoms with Crippen LogP contribution >= 0.6 is 11.3 Å². The van der Waals surface area contributed by atoms with Crippen LogP contribution in [0, 0.1) is 0 Å². The first-order chi connectivity index (χ1) is 20.3. The van der Waals surface area contributed by atoms with E-state index >= 15 is 0 Å². The molecule has 0 aliphatic carbocycles. The first kappa shape index (κ1) is 21.8. The van der Waals surface area contributed by atoms with Crippen LogP contribution in [0.1, 0.15) is 0 Å². The van der Waals surface area contributed by atoms with Crippen LogP contribution in [0.5, 0.6) is 0 Å². The van der Waals surface area contributed by atoms with Gasteiger partial charge in [-0.15, -0.1) is 11.3 Å². The molecule has 0 aliphatic rings. The van der Waals surface area contributed by atoms with Crippen LogP contribution in [0.25, 0.3) is 96.3 Å². The second-order valence-corrected chi connectivity index (χ2v) is 12.4.